The number of thioether (sulfide) groups is 1. The molecule has 0 N–H and O–H groups in total. The van der Waals surface area contributed by atoms with E-state index in [-0.39, 0.29) is 17.9 Å². The van der Waals surface area contributed by atoms with E-state index < -0.39 is 23.5 Å². The zero-order valence-electron chi connectivity index (χ0n) is 17.1. The van der Waals surface area contributed by atoms with Crippen LogP contribution in [0.15, 0.2) is 53.4 Å². The predicted octanol–water partition coefficient (Wildman–Crippen LogP) is 6.83. The van der Waals surface area contributed by atoms with Crippen LogP contribution in [0.4, 0.5) is 18.9 Å². The Balaban J connectivity index is 2.22. The summed E-state index contributed by atoms with van der Waals surface area (Å²) >= 11 is 1.59. The number of benzene rings is 2. The van der Waals surface area contributed by atoms with Crippen LogP contribution in [0.5, 0.6) is 0 Å². The maximum Gasteiger partial charge on any atom is 0.421 e. The fourth-order valence-electron chi connectivity index (χ4n) is 3.51. The van der Waals surface area contributed by atoms with Gasteiger partial charge >= 0.3 is 12.1 Å². The highest BCUT2D eigenvalue weighted by Gasteiger charge is 2.42. The molecule has 31 heavy (non-hydrogen) atoms. The van der Waals surface area contributed by atoms with Crippen LogP contribution in [0.25, 0.3) is 27.1 Å². The molecular formula is C23H19F3N2O2S. The third-order valence-corrected chi connectivity index (χ3v) is 5.61. The summed E-state index contributed by atoms with van der Waals surface area (Å²) in [7, 11) is 1.12. The molecule has 4 nitrogen and oxygen atoms in total. The summed E-state index contributed by atoms with van der Waals surface area (Å²) in [6.07, 6.45) is -2.84. The largest absolute Gasteiger partial charge is 0.461 e. The summed E-state index contributed by atoms with van der Waals surface area (Å²) in [5, 5.41) is 0. The molecule has 160 valence electrons. The van der Waals surface area contributed by atoms with Crippen LogP contribution in [0.1, 0.15) is 23.1 Å². The summed E-state index contributed by atoms with van der Waals surface area (Å²) in [5.41, 5.74) is 0.0490. The van der Waals surface area contributed by atoms with Crippen LogP contribution in [-0.4, -0.2) is 23.4 Å². The van der Waals surface area contributed by atoms with Gasteiger partial charge in [0.1, 0.15) is 11.4 Å². The van der Waals surface area contributed by atoms with E-state index >= 15 is 0 Å². The Morgan fingerprint density at radius 1 is 1.13 bits per heavy atom. The summed E-state index contributed by atoms with van der Waals surface area (Å²) in [4.78, 5) is 16.7. The Kier molecular flexibility index (Phi) is 6.46. The number of aromatic nitrogens is 1. The highest BCUT2D eigenvalue weighted by molar-refractivity contribution is 7.98. The molecule has 8 heteroatoms. The quantitative estimate of drug-likeness (QED) is 0.246. The summed E-state index contributed by atoms with van der Waals surface area (Å²) < 4.78 is 46.8. The van der Waals surface area contributed by atoms with Gasteiger partial charge in [-0.25, -0.2) is 9.64 Å². The average molecular weight is 444 g/mol. The van der Waals surface area contributed by atoms with Gasteiger partial charge in [-0.05, 0) is 35.9 Å². The highest BCUT2D eigenvalue weighted by atomic mass is 32.2. The van der Waals surface area contributed by atoms with Gasteiger partial charge in [-0.2, -0.15) is 13.2 Å². The zero-order valence-corrected chi connectivity index (χ0v) is 17.9. The molecule has 1 heterocycles. The summed E-state index contributed by atoms with van der Waals surface area (Å²) in [6.45, 7) is 8.97. The van der Waals surface area contributed by atoms with Crippen molar-refractivity contribution < 1.29 is 22.7 Å². The summed E-state index contributed by atoms with van der Waals surface area (Å²) in [6, 6.07) is 14.6. The number of carbonyl (C=O) groups is 1. The highest BCUT2D eigenvalue weighted by Crippen LogP contribution is 2.46. The maximum absolute atomic E-state index is 13.7. The van der Waals surface area contributed by atoms with Crippen LogP contribution in [0.3, 0.4) is 0 Å². The zero-order chi connectivity index (χ0) is 22.8. The fraction of sp³-hybridized carbons (Fsp3) is 0.217. The van der Waals surface area contributed by atoms with Crippen molar-refractivity contribution in [2.75, 3.05) is 12.9 Å². The van der Waals surface area contributed by atoms with Crippen LogP contribution in [-0.2, 0) is 18.0 Å². The normalized spacial score (nSPS) is 11.3. The molecule has 0 spiro atoms. The standard InChI is InChI=1S/C23H19F3N2O2S/c1-5-30-22(29)20-18(19(27-2)21(28(20)3)23(24,25)26)15-12-10-14(11-13-15)16-8-6-7-9-17(16)31-4/h6-13H,5H2,1,3-4H3. The number of halogens is 3. The first-order valence-electron chi connectivity index (χ1n) is 9.32. The molecule has 3 aromatic rings. The van der Waals surface area contributed by atoms with Gasteiger partial charge < -0.3 is 9.30 Å². The molecule has 0 radical (unpaired) electrons. The number of ether oxygens (including phenoxy) is 1. The topological polar surface area (TPSA) is 35.6 Å². The lowest BCUT2D eigenvalue weighted by atomic mass is 9.99. The lowest BCUT2D eigenvalue weighted by molar-refractivity contribution is -0.142. The Morgan fingerprint density at radius 3 is 2.29 bits per heavy atom. The van der Waals surface area contributed by atoms with E-state index in [1.807, 2.05) is 30.5 Å². The molecule has 0 bridgehead atoms. The van der Waals surface area contributed by atoms with Crippen molar-refractivity contribution in [2.24, 2.45) is 7.05 Å². The van der Waals surface area contributed by atoms with E-state index in [9.17, 15) is 18.0 Å². The van der Waals surface area contributed by atoms with Crippen molar-refractivity contribution in [1.29, 1.82) is 0 Å². The molecule has 0 atom stereocenters. The van der Waals surface area contributed by atoms with Gasteiger partial charge in [0.05, 0.1) is 13.2 Å². The molecule has 3 rings (SSSR count). The van der Waals surface area contributed by atoms with Crippen molar-refractivity contribution in [2.45, 2.75) is 18.0 Å². The smallest absolute Gasteiger partial charge is 0.421 e. The number of esters is 1. The van der Waals surface area contributed by atoms with E-state index in [4.69, 9.17) is 11.3 Å². The molecule has 2 aromatic carbocycles. The van der Waals surface area contributed by atoms with Gasteiger partial charge in [-0.15, -0.1) is 11.8 Å². The minimum atomic E-state index is -4.80. The van der Waals surface area contributed by atoms with E-state index in [1.165, 1.54) is 0 Å². The molecule has 0 amide bonds. The molecule has 0 aliphatic carbocycles. The van der Waals surface area contributed by atoms with Crippen molar-refractivity contribution in [3.8, 4) is 22.3 Å². The molecule has 0 fully saturated rings. The van der Waals surface area contributed by atoms with Gasteiger partial charge in [-0.3, -0.25) is 0 Å². The van der Waals surface area contributed by atoms with E-state index in [0.29, 0.717) is 10.1 Å². The van der Waals surface area contributed by atoms with Crippen molar-refractivity contribution in [1.82, 2.24) is 4.57 Å². The van der Waals surface area contributed by atoms with E-state index in [2.05, 4.69) is 4.85 Å². The Hall–Kier alpha value is -3.18. The molecule has 1 aromatic heterocycles. The first-order chi connectivity index (χ1) is 14.7. The third kappa shape index (κ3) is 4.19. The number of rotatable bonds is 5. The van der Waals surface area contributed by atoms with Crippen LogP contribution < -0.4 is 0 Å². The fourth-order valence-corrected chi connectivity index (χ4v) is 4.13. The average Bonchev–Trinajstić information content (AvgIpc) is 3.06. The molecule has 0 unspecified atom stereocenters. The van der Waals surface area contributed by atoms with Gasteiger partial charge in [-0.1, -0.05) is 42.5 Å². The first-order valence-corrected chi connectivity index (χ1v) is 10.5. The van der Waals surface area contributed by atoms with Crippen LogP contribution in [0.2, 0.25) is 0 Å². The molecule has 0 aliphatic rings. The van der Waals surface area contributed by atoms with Crippen LogP contribution in [0, 0.1) is 6.57 Å². The minimum absolute atomic E-state index is 0.00254. The molecule has 0 saturated heterocycles. The van der Waals surface area contributed by atoms with Gasteiger partial charge in [0, 0.05) is 17.5 Å². The first kappa shape index (κ1) is 22.5. The molecular weight excluding hydrogens is 425 g/mol. The number of carbonyl (C=O) groups excluding carboxylic acids is 1. The Morgan fingerprint density at radius 2 is 1.74 bits per heavy atom. The van der Waals surface area contributed by atoms with Crippen molar-refractivity contribution >= 4 is 23.4 Å². The minimum Gasteiger partial charge on any atom is -0.461 e. The SMILES string of the molecule is [C-]#[N+]c1c(-c2ccc(-c3ccccc3SC)cc2)c(C(=O)OCC)n(C)c1C(F)(F)F. The summed E-state index contributed by atoms with van der Waals surface area (Å²) in [5.74, 6) is -0.905. The Labute approximate surface area is 182 Å². The van der Waals surface area contributed by atoms with Gasteiger partial charge in [0.2, 0.25) is 5.69 Å². The molecule has 0 aliphatic heterocycles. The number of hydrogen-bond donors (Lipinski definition) is 0. The Bertz CT molecular complexity index is 1160. The predicted molar refractivity (Wildman–Crippen MR) is 115 cm³/mol. The van der Waals surface area contributed by atoms with Crippen molar-refractivity contribution in [3.05, 3.63) is 71.3 Å². The van der Waals surface area contributed by atoms with Gasteiger partial charge in [0.15, 0.2) is 0 Å². The second kappa shape index (κ2) is 8.90. The van der Waals surface area contributed by atoms with Crippen LogP contribution >= 0.6 is 11.8 Å². The van der Waals surface area contributed by atoms with Crippen molar-refractivity contribution in [3.63, 3.8) is 0 Å². The maximum atomic E-state index is 13.7. The van der Waals surface area contributed by atoms with E-state index in [1.54, 1.807) is 43.0 Å². The lowest BCUT2D eigenvalue weighted by Crippen LogP contribution is -2.16. The number of nitrogens with zero attached hydrogens (tertiary/aromatic N) is 2. The lowest BCUT2D eigenvalue weighted by Gasteiger charge is -2.11. The second-order valence-corrected chi connectivity index (χ2v) is 7.44. The monoisotopic (exact) mass is 444 g/mol. The number of alkyl halides is 3. The van der Waals surface area contributed by atoms with Gasteiger partial charge in [0.25, 0.3) is 0 Å². The number of hydrogen-bond acceptors (Lipinski definition) is 3. The molecule has 0 saturated carbocycles. The van der Waals surface area contributed by atoms with E-state index in [0.717, 1.165) is 23.1 Å². The second-order valence-electron chi connectivity index (χ2n) is 6.59. The third-order valence-electron chi connectivity index (χ3n) is 4.81.